The lowest BCUT2D eigenvalue weighted by atomic mass is 10.0. The lowest BCUT2D eigenvalue weighted by Crippen LogP contribution is -2.33. The van der Waals surface area contributed by atoms with Crippen molar-refractivity contribution in [3.63, 3.8) is 0 Å². The van der Waals surface area contributed by atoms with Crippen LogP contribution in [-0.4, -0.2) is 23.9 Å². The van der Waals surface area contributed by atoms with Crippen LogP contribution < -0.4 is 4.90 Å². The van der Waals surface area contributed by atoms with Gasteiger partial charge in [-0.2, -0.15) is 0 Å². The average Bonchev–Trinajstić information content (AvgIpc) is 2.84. The van der Waals surface area contributed by atoms with Gasteiger partial charge in [0.15, 0.2) is 5.78 Å². The number of Topliss-reactive ketones (excluding diaryl/α,β-unsaturated/α-hetero) is 1. The molecule has 0 saturated carbocycles. The molecule has 0 atom stereocenters. The summed E-state index contributed by atoms with van der Waals surface area (Å²) in [6.45, 7) is 3.83. The van der Waals surface area contributed by atoms with Gasteiger partial charge >= 0.3 is 0 Å². The minimum atomic E-state index is 0.265. The highest BCUT2D eigenvalue weighted by atomic mass is 32.1. The van der Waals surface area contributed by atoms with Crippen molar-refractivity contribution >= 4 is 22.8 Å². The molecule has 19 heavy (non-hydrogen) atoms. The first-order valence-electron chi connectivity index (χ1n) is 6.52. The van der Waals surface area contributed by atoms with Gasteiger partial charge in [-0.25, -0.2) is 4.98 Å². The molecular formula is C15H16N2OS. The molecule has 1 aromatic heterocycles. The number of aryl methyl sites for hydroxylation is 1. The first kappa shape index (κ1) is 12.4. The van der Waals surface area contributed by atoms with E-state index < -0.39 is 0 Å². The monoisotopic (exact) mass is 272 g/mol. The van der Waals surface area contributed by atoms with Crippen LogP contribution >= 0.6 is 11.3 Å². The maximum absolute atomic E-state index is 11.9. The van der Waals surface area contributed by atoms with E-state index in [1.165, 1.54) is 4.88 Å². The van der Waals surface area contributed by atoms with Crippen molar-refractivity contribution in [2.45, 2.75) is 19.8 Å². The molecule has 3 nitrogen and oxygen atoms in total. The van der Waals surface area contributed by atoms with Crippen molar-refractivity contribution in [2.24, 2.45) is 0 Å². The molecule has 0 bridgehead atoms. The first-order valence-corrected chi connectivity index (χ1v) is 7.40. The Morgan fingerprint density at radius 3 is 3.00 bits per heavy atom. The van der Waals surface area contributed by atoms with Crippen LogP contribution in [0.1, 0.15) is 27.3 Å². The Hall–Kier alpha value is -1.68. The predicted octanol–water partition coefficient (Wildman–Crippen LogP) is 3.09. The predicted molar refractivity (Wildman–Crippen MR) is 78.2 cm³/mol. The molecule has 1 aliphatic heterocycles. The maximum Gasteiger partial charge on any atom is 0.166 e. The van der Waals surface area contributed by atoms with Gasteiger partial charge in [0.2, 0.25) is 0 Å². The average molecular weight is 272 g/mol. The summed E-state index contributed by atoms with van der Waals surface area (Å²) in [5.41, 5.74) is 4.99. The third kappa shape index (κ3) is 2.40. The van der Waals surface area contributed by atoms with Crippen molar-refractivity contribution in [2.75, 3.05) is 18.0 Å². The fourth-order valence-corrected chi connectivity index (χ4v) is 3.28. The van der Waals surface area contributed by atoms with Gasteiger partial charge < -0.3 is 4.90 Å². The van der Waals surface area contributed by atoms with E-state index in [1.54, 1.807) is 11.3 Å². The van der Waals surface area contributed by atoms with Gasteiger partial charge in [-0.1, -0.05) is 12.1 Å². The van der Waals surface area contributed by atoms with Crippen LogP contribution in [0.5, 0.6) is 0 Å². The maximum atomic E-state index is 11.9. The molecule has 2 heterocycles. The van der Waals surface area contributed by atoms with Crippen LogP contribution in [0.3, 0.4) is 0 Å². The number of aromatic nitrogens is 1. The van der Waals surface area contributed by atoms with E-state index >= 15 is 0 Å². The Balaban J connectivity index is 1.78. The number of hydrogen-bond donors (Lipinski definition) is 0. The second-order valence-corrected chi connectivity index (χ2v) is 5.73. The highest BCUT2D eigenvalue weighted by Crippen LogP contribution is 2.27. The largest absolute Gasteiger partial charge is 0.370 e. The molecule has 0 spiro atoms. The zero-order valence-corrected chi connectivity index (χ0v) is 11.7. The summed E-state index contributed by atoms with van der Waals surface area (Å²) < 4.78 is 0. The highest BCUT2D eigenvalue weighted by molar-refractivity contribution is 7.09. The van der Waals surface area contributed by atoms with E-state index in [-0.39, 0.29) is 5.78 Å². The summed E-state index contributed by atoms with van der Waals surface area (Å²) in [6.07, 6.45) is 1.62. The Bertz CT molecular complexity index is 606. The van der Waals surface area contributed by atoms with Crippen LogP contribution in [0.4, 0.5) is 5.69 Å². The lowest BCUT2D eigenvalue weighted by Gasteiger charge is -2.30. The second kappa shape index (κ2) is 5.13. The number of thiazole rings is 1. The van der Waals surface area contributed by atoms with Gasteiger partial charge in [0.05, 0.1) is 11.2 Å². The normalized spacial score (nSPS) is 14.6. The molecule has 0 fully saturated rings. The van der Waals surface area contributed by atoms with Gasteiger partial charge in [0, 0.05) is 42.1 Å². The zero-order valence-electron chi connectivity index (χ0n) is 10.9. The van der Waals surface area contributed by atoms with E-state index in [0.29, 0.717) is 6.42 Å². The van der Waals surface area contributed by atoms with Crippen LogP contribution in [-0.2, 0) is 6.42 Å². The van der Waals surface area contributed by atoms with Crippen molar-refractivity contribution in [3.05, 3.63) is 45.9 Å². The molecule has 0 saturated heterocycles. The Morgan fingerprint density at radius 2 is 2.21 bits per heavy atom. The number of rotatable bonds is 3. The van der Waals surface area contributed by atoms with Gasteiger partial charge in [-0.05, 0) is 19.1 Å². The smallest absolute Gasteiger partial charge is 0.166 e. The highest BCUT2D eigenvalue weighted by Gasteiger charge is 2.22. The standard InChI is InChI=1S/C15H16N2OS/c1-11-15(19-10-16-11)7-9-17-8-6-14(18)12-4-2-3-5-13(12)17/h2-5,10H,6-9H2,1H3. The first-order chi connectivity index (χ1) is 9.25. The zero-order chi connectivity index (χ0) is 13.2. The van der Waals surface area contributed by atoms with E-state index in [1.807, 2.05) is 29.8 Å². The third-order valence-electron chi connectivity index (χ3n) is 3.61. The third-order valence-corrected chi connectivity index (χ3v) is 4.60. The molecule has 1 aromatic carbocycles. The topological polar surface area (TPSA) is 33.2 Å². The SMILES string of the molecule is Cc1ncsc1CCN1CCC(=O)c2ccccc21. The molecule has 0 aliphatic carbocycles. The van der Waals surface area contributed by atoms with E-state index in [9.17, 15) is 4.79 Å². The van der Waals surface area contributed by atoms with E-state index in [4.69, 9.17) is 0 Å². The van der Waals surface area contributed by atoms with Crippen LogP contribution in [0, 0.1) is 6.92 Å². The van der Waals surface area contributed by atoms with Crippen LogP contribution in [0.2, 0.25) is 0 Å². The summed E-state index contributed by atoms with van der Waals surface area (Å²) in [4.78, 5) is 19.8. The number of anilines is 1. The number of fused-ring (bicyclic) bond motifs is 1. The van der Waals surface area contributed by atoms with Crippen LogP contribution in [0.25, 0.3) is 0 Å². The fourth-order valence-electron chi connectivity index (χ4n) is 2.51. The summed E-state index contributed by atoms with van der Waals surface area (Å²) >= 11 is 1.72. The van der Waals surface area contributed by atoms with Crippen LogP contribution in [0.15, 0.2) is 29.8 Å². The van der Waals surface area contributed by atoms with Gasteiger partial charge in [-0.3, -0.25) is 4.79 Å². The summed E-state index contributed by atoms with van der Waals surface area (Å²) in [6, 6.07) is 7.92. The molecular weight excluding hydrogens is 256 g/mol. The molecule has 0 unspecified atom stereocenters. The summed E-state index contributed by atoms with van der Waals surface area (Å²) in [7, 11) is 0. The Morgan fingerprint density at radius 1 is 1.37 bits per heavy atom. The Labute approximate surface area is 116 Å². The molecule has 0 N–H and O–H groups in total. The molecule has 3 rings (SSSR count). The van der Waals surface area contributed by atoms with Crippen molar-refractivity contribution in [1.82, 2.24) is 4.98 Å². The van der Waals surface area contributed by atoms with Crippen molar-refractivity contribution < 1.29 is 4.79 Å². The number of carbonyl (C=O) groups excluding carboxylic acids is 1. The molecule has 0 amide bonds. The summed E-state index contributed by atoms with van der Waals surface area (Å²) in [5.74, 6) is 0.265. The van der Waals surface area contributed by atoms with Gasteiger partial charge in [-0.15, -0.1) is 11.3 Å². The molecule has 98 valence electrons. The van der Waals surface area contributed by atoms with Gasteiger partial charge in [0.25, 0.3) is 0 Å². The fraction of sp³-hybridized carbons (Fsp3) is 0.333. The van der Waals surface area contributed by atoms with E-state index in [2.05, 4.69) is 16.8 Å². The number of benzene rings is 1. The summed E-state index contributed by atoms with van der Waals surface area (Å²) in [5, 5.41) is 0. The molecule has 0 radical (unpaired) electrons. The minimum Gasteiger partial charge on any atom is -0.370 e. The Kier molecular flexibility index (Phi) is 3.34. The number of ketones is 1. The number of carbonyl (C=O) groups is 1. The van der Waals surface area contributed by atoms with Crippen molar-refractivity contribution in [1.29, 1.82) is 0 Å². The lowest BCUT2D eigenvalue weighted by molar-refractivity contribution is 0.0980. The van der Waals surface area contributed by atoms with E-state index in [0.717, 1.165) is 36.5 Å². The second-order valence-electron chi connectivity index (χ2n) is 4.79. The number of para-hydroxylation sites is 1. The quantitative estimate of drug-likeness (QED) is 0.861. The number of nitrogens with zero attached hydrogens (tertiary/aromatic N) is 2. The molecule has 2 aromatic rings. The molecule has 1 aliphatic rings. The molecule has 4 heteroatoms. The van der Waals surface area contributed by atoms with Gasteiger partial charge in [0.1, 0.15) is 0 Å². The minimum absolute atomic E-state index is 0.265. The van der Waals surface area contributed by atoms with Crippen molar-refractivity contribution in [3.8, 4) is 0 Å². The number of hydrogen-bond acceptors (Lipinski definition) is 4.